The van der Waals surface area contributed by atoms with Crippen LogP contribution in [-0.2, 0) is 0 Å². The van der Waals surface area contributed by atoms with Gasteiger partial charge < -0.3 is 5.32 Å². The van der Waals surface area contributed by atoms with E-state index in [-0.39, 0.29) is 0 Å². The van der Waals surface area contributed by atoms with Crippen LogP contribution in [0.2, 0.25) is 0 Å². The zero-order valence-corrected chi connectivity index (χ0v) is 14.8. The fourth-order valence-electron chi connectivity index (χ4n) is 3.94. The molecule has 1 aromatic rings. The average Bonchev–Trinajstić information content (AvgIpc) is 2.37. The van der Waals surface area contributed by atoms with Gasteiger partial charge in [-0.2, -0.15) is 0 Å². The molecule has 0 unspecified atom stereocenters. The SMILES string of the molecule is Cc1cc(C)c(NCC2CCC(C(C)(C)C)CC2)c(C)c1. The van der Waals surface area contributed by atoms with E-state index in [9.17, 15) is 0 Å². The lowest BCUT2D eigenvalue weighted by Crippen LogP contribution is -2.28. The molecule has 118 valence electrons. The second kappa shape index (κ2) is 6.42. The van der Waals surface area contributed by atoms with Gasteiger partial charge in [-0.15, -0.1) is 0 Å². The maximum atomic E-state index is 3.73. The first kappa shape index (κ1) is 16.4. The third-order valence-corrected chi connectivity index (χ3v) is 5.32. The van der Waals surface area contributed by atoms with Crippen LogP contribution in [-0.4, -0.2) is 6.54 Å². The Morgan fingerprint density at radius 2 is 1.48 bits per heavy atom. The molecular weight excluding hydrogens is 254 g/mol. The van der Waals surface area contributed by atoms with Crippen molar-refractivity contribution < 1.29 is 0 Å². The summed E-state index contributed by atoms with van der Waals surface area (Å²) in [5, 5.41) is 3.73. The highest BCUT2D eigenvalue weighted by Gasteiger charge is 2.29. The second-order valence-electron chi connectivity index (χ2n) is 8.24. The van der Waals surface area contributed by atoms with Gasteiger partial charge in [0.2, 0.25) is 0 Å². The Hall–Kier alpha value is -0.980. The zero-order chi connectivity index (χ0) is 15.6. The van der Waals surface area contributed by atoms with Crippen LogP contribution < -0.4 is 5.32 Å². The van der Waals surface area contributed by atoms with Crippen LogP contribution in [0.25, 0.3) is 0 Å². The minimum Gasteiger partial charge on any atom is -0.384 e. The molecule has 1 heteroatoms. The lowest BCUT2D eigenvalue weighted by Gasteiger charge is -2.37. The number of nitrogens with one attached hydrogen (secondary N) is 1. The molecule has 0 radical (unpaired) electrons. The Labute approximate surface area is 131 Å². The number of benzene rings is 1. The van der Waals surface area contributed by atoms with E-state index in [1.54, 1.807) is 0 Å². The first-order valence-electron chi connectivity index (χ1n) is 8.59. The van der Waals surface area contributed by atoms with Gasteiger partial charge in [-0.1, -0.05) is 38.5 Å². The maximum absolute atomic E-state index is 3.73. The number of rotatable bonds is 3. The van der Waals surface area contributed by atoms with Crippen LogP contribution in [0.3, 0.4) is 0 Å². The predicted molar refractivity (Wildman–Crippen MR) is 94.0 cm³/mol. The molecule has 1 nitrogen and oxygen atoms in total. The van der Waals surface area contributed by atoms with Crippen molar-refractivity contribution in [3.05, 3.63) is 28.8 Å². The van der Waals surface area contributed by atoms with E-state index in [0.29, 0.717) is 5.41 Å². The molecule has 0 atom stereocenters. The van der Waals surface area contributed by atoms with E-state index < -0.39 is 0 Å². The van der Waals surface area contributed by atoms with Gasteiger partial charge in [-0.3, -0.25) is 0 Å². The van der Waals surface area contributed by atoms with Gasteiger partial charge in [0.05, 0.1) is 0 Å². The Morgan fingerprint density at radius 1 is 0.952 bits per heavy atom. The van der Waals surface area contributed by atoms with Crippen LogP contribution in [0, 0.1) is 38.0 Å². The molecule has 0 aliphatic heterocycles. The first-order valence-corrected chi connectivity index (χ1v) is 8.59. The highest BCUT2D eigenvalue weighted by atomic mass is 14.9. The summed E-state index contributed by atoms with van der Waals surface area (Å²) < 4.78 is 0. The van der Waals surface area contributed by atoms with Gasteiger partial charge in [-0.25, -0.2) is 0 Å². The van der Waals surface area contributed by atoms with Crippen LogP contribution in [0.4, 0.5) is 5.69 Å². The van der Waals surface area contributed by atoms with E-state index in [4.69, 9.17) is 0 Å². The molecule has 1 aliphatic carbocycles. The summed E-state index contributed by atoms with van der Waals surface area (Å²) in [6.07, 6.45) is 5.58. The van der Waals surface area contributed by atoms with Gasteiger partial charge in [0, 0.05) is 12.2 Å². The normalized spacial score (nSPS) is 23.1. The molecule has 0 heterocycles. The third-order valence-electron chi connectivity index (χ3n) is 5.32. The zero-order valence-electron chi connectivity index (χ0n) is 14.8. The van der Waals surface area contributed by atoms with Gasteiger partial charge >= 0.3 is 0 Å². The monoisotopic (exact) mass is 287 g/mol. The summed E-state index contributed by atoms with van der Waals surface area (Å²) in [5.74, 6) is 1.76. The van der Waals surface area contributed by atoms with Crippen molar-refractivity contribution in [2.45, 2.75) is 67.2 Å². The minimum atomic E-state index is 0.489. The predicted octanol–water partition coefficient (Wildman–Crippen LogP) is 5.88. The molecule has 0 aromatic heterocycles. The Kier molecular flexibility index (Phi) is 5.01. The Bertz CT molecular complexity index is 450. The number of hydrogen-bond donors (Lipinski definition) is 1. The average molecular weight is 287 g/mol. The second-order valence-corrected chi connectivity index (χ2v) is 8.24. The standard InChI is InChI=1S/C20H33N/c1-14-11-15(2)19(16(3)12-14)21-13-17-7-9-18(10-8-17)20(4,5)6/h11-12,17-18,21H,7-10,13H2,1-6H3. The molecule has 1 aliphatic rings. The molecular formula is C20H33N. The van der Waals surface area contributed by atoms with Gasteiger partial charge in [0.25, 0.3) is 0 Å². The summed E-state index contributed by atoms with van der Waals surface area (Å²) in [7, 11) is 0. The smallest absolute Gasteiger partial charge is 0.0399 e. The minimum absolute atomic E-state index is 0.489. The van der Waals surface area contributed by atoms with Crippen molar-refractivity contribution in [2.75, 3.05) is 11.9 Å². The highest BCUT2D eigenvalue weighted by Crippen LogP contribution is 2.39. The van der Waals surface area contributed by atoms with Crippen LogP contribution >= 0.6 is 0 Å². The highest BCUT2D eigenvalue weighted by molar-refractivity contribution is 5.58. The molecule has 0 amide bonds. The maximum Gasteiger partial charge on any atom is 0.0399 e. The van der Waals surface area contributed by atoms with E-state index in [1.807, 2.05) is 0 Å². The molecule has 0 saturated heterocycles. The van der Waals surface area contributed by atoms with Crippen molar-refractivity contribution in [1.82, 2.24) is 0 Å². The van der Waals surface area contributed by atoms with Crippen LogP contribution in [0.15, 0.2) is 12.1 Å². The largest absolute Gasteiger partial charge is 0.384 e. The third kappa shape index (κ3) is 4.25. The first-order chi connectivity index (χ1) is 9.77. The van der Waals surface area contributed by atoms with Crippen molar-refractivity contribution in [1.29, 1.82) is 0 Å². The van der Waals surface area contributed by atoms with E-state index in [1.165, 1.54) is 48.1 Å². The van der Waals surface area contributed by atoms with Crippen molar-refractivity contribution in [2.24, 2.45) is 17.3 Å². The molecule has 1 N–H and O–H groups in total. The molecule has 0 bridgehead atoms. The van der Waals surface area contributed by atoms with E-state index >= 15 is 0 Å². The summed E-state index contributed by atoms with van der Waals surface area (Å²) >= 11 is 0. The van der Waals surface area contributed by atoms with Gasteiger partial charge in [0.1, 0.15) is 0 Å². The van der Waals surface area contributed by atoms with E-state index in [2.05, 4.69) is 59.0 Å². The molecule has 2 rings (SSSR count). The van der Waals surface area contributed by atoms with Crippen LogP contribution in [0.5, 0.6) is 0 Å². The van der Waals surface area contributed by atoms with E-state index in [0.717, 1.165) is 18.4 Å². The van der Waals surface area contributed by atoms with Gasteiger partial charge in [0.15, 0.2) is 0 Å². The molecule has 1 fully saturated rings. The summed E-state index contributed by atoms with van der Waals surface area (Å²) in [5.41, 5.74) is 5.98. The van der Waals surface area contributed by atoms with Crippen molar-refractivity contribution >= 4 is 5.69 Å². The fraction of sp³-hybridized carbons (Fsp3) is 0.700. The summed E-state index contributed by atoms with van der Waals surface area (Å²) in [6.45, 7) is 15.0. The summed E-state index contributed by atoms with van der Waals surface area (Å²) in [4.78, 5) is 0. The molecule has 21 heavy (non-hydrogen) atoms. The van der Waals surface area contributed by atoms with Crippen LogP contribution in [0.1, 0.15) is 63.1 Å². The fourth-order valence-corrected chi connectivity index (χ4v) is 3.94. The molecule has 1 saturated carbocycles. The Morgan fingerprint density at radius 3 is 1.95 bits per heavy atom. The lowest BCUT2D eigenvalue weighted by molar-refractivity contribution is 0.153. The quantitative estimate of drug-likeness (QED) is 0.732. The van der Waals surface area contributed by atoms with Crippen molar-refractivity contribution in [3.8, 4) is 0 Å². The number of aryl methyl sites for hydroxylation is 3. The molecule has 1 aromatic carbocycles. The number of hydrogen-bond acceptors (Lipinski definition) is 1. The molecule has 0 spiro atoms. The topological polar surface area (TPSA) is 12.0 Å². The van der Waals surface area contributed by atoms with Crippen molar-refractivity contribution in [3.63, 3.8) is 0 Å². The Balaban J connectivity index is 1.88. The van der Waals surface area contributed by atoms with Gasteiger partial charge in [-0.05, 0) is 74.8 Å². The lowest BCUT2D eigenvalue weighted by atomic mass is 9.70. The summed E-state index contributed by atoms with van der Waals surface area (Å²) in [6, 6.07) is 4.57. The number of anilines is 1.